The number of carbonyl (C=O) groups is 1. The number of hydrogen-bond donors (Lipinski definition) is 1. The molecule has 2 nitrogen and oxygen atoms in total. The molecule has 1 saturated carbocycles. The average molecular weight is 209 g/mol. The van der Waals surface area contributed by atoms with Crippen LogP contribution in [0.3, 0.4) is 0 Å². The number of ketones is 1. The first-order valence-corrected chi connectivity index (χ1v) is 5.78. The van der Waals surface area contributed by atoms with Crippen LogP contribution in [0.2, 0.25) is 0 Å². The lowest BCUT2D eigenvalue weighted by Crippen LogP contribution is -2.46. The molecule has 0 spiro atoms. The van der Waals surface area contributed by atoms with Crippen LogP contribution in [0.15, 0.2) is 11.4 Å². The Hall–Kier alpha value is -0.670. The normalized spacial score (nSPS) is 20.5. The molecule has 1 unspecified atom stereocenters. The third kappa shape index (κ3) is 1.62. The van der Waals surface area contributed by atoms with E-state index in [1.165, 1.54) is 4.88 Å². The maximum Gasteiger partial charge on any atom is 0.183 e. The summed E-state index contributed by atoms with van der Waals surface area (Å²) in [5.74, 6) is 0.500. The van der Waals surface area contributed by atoms with Gasteiger partial charge in [-0.25, -0.2) is 0 Å². The van der Waals surface area contributed by atoms with Gasteiger partial charge in [-0.05, 0) is 38.7 Å². The second-order valence-electron chi connectivity index (χ2n) is 4.33. The largest absolute Gasteiger partial charge is 0.319 e. The van der Waals surface area contributed by atoms with Crippen molar-refractivity contribution < 1.29 is 4.79 Å². The van der Waals surface area contributed by atoms with E-state index in [0.29, 0.717) is 5.92 Å². The summed E-state index contributed by atoms with van der Waals surface area (Å²) in [4.78, 5) is 13.2. The van der Waals surface area contributed by atoms with Gasteiger partial charge in [0.1, 0.15) is 0 Å². The maximum atomic E-state index is 12.0. The van der Waals surface area contributed by atoms with E-state index >= 15 is 0 Å². The Kier molecular flexibility index (Phi) is 2.24. The minimum absolute atomic E-state index is 0.101. The molecule has 1 fully saturated rings. The quantitative estimate of drug-likeness (QED) is 0.777. The van der Waals surface area contributed by atoms with Crippen LogP contribution in [-0.4, -0.2) is 11.3 Å². The minimum Gasteiger partial charge on any atom is -0.319 e. The van der Waals surface area contributed by atoms with Gasteiger partial charge in [0, 0.05) is 15.8 Å². The molecule has 0 radical (unpaired) electrons. The first-order valence-electron chi connectivity index (χ1n) is 4.90. The lowest BCUT2D eigenvalue weighted by atomic mass is 9.88. The van der Waals surface area contributed by atoms with Crippen LogP contribution < -0.4 is 5.73 Å². The predicted octanol–water partition coefficient (Wildman–Crippen LogP) is 2.37. The van der Waals surface area contributed by atoms with Gasteiger partial charge in [-0.2, -0.15) is 0 Å². The van der Waals surface area contributed by atoms with Gasteiger partial charge < -0.3 is 5.73 Å². The highest BCUT2D eigenvalue weighted by molar-refractivity contribution is 7.10. The van der Waals surface area contributed by atoms with Gasteiger partial charge in [-0.15, -0.1) is 11.3 Å². The van der Waals surface area contributed by atoms with Crippen LogP contribution >= 0.6 is 11.3 Å². The van der Waals surface area contributed by atoms with Crippen molar-refractivity contribution in [2.24, 2.45) is 11.7 Å². The summed E-state index contributed by atoms with van der Waals surface area (Å²) in [6.45, 7) is 3.87. The van der Waals surface area contributed by atoms with Gasteiger partial charge in [0.2, 0.25) is 0 Å². The smallest absolute Gasteiger partial charge is 0.183 e. The third-order valence-corrected chi connectivity index (χ3v) is 3.77. The van der Waals surface area contributed by atoms with E-state index in [0.717, 1.165) is 18.4 Å². The van der Waals surface area contributed by atoms with Gasteiger partial charge in [0.05, 0.1) is 5.54 Å². The predicted molar refractivity (Wildman–Crippen MR) is 58.7 cm³/mol. The Bertz CT molecular complexity index is 363. The van der Waals surface area contributed by atoms with Gasteiger partial charge in [0.15, 0.2) is 5.78 Å². The van der Waals surface area contributed by atoms with Crippen LogP contribution in [0, 0.1) is 12.8 Å². The Morgan fingerprint density at radius 3 is 2.71 bits per heavy atom. The summed E-state index contributed by atoms with van der Waals surface area (Å²) >= 11 is 1.60. The molecule has 1 heterocycles. The summed E-state index contributed by atoms with van der Waals surface area (Å²) < 4.78 is 0. The molecule has 2 rings (SSSR count). The monoisotopic (exact) mass is 209 g/mol. The van der Waals surface area contributed by atoms with Crippen molar-refractivity contribution in [2.45, 2.75) is 32.2 Å². The molecule has 1 aliphatic rings. The second-order valence-corrected chi connectivity index (χ2v) is 5.45. The number of Topliss-reactive ketones (excluding diaryl/α,β-unsaturated/α-hetero) is 1. The molecule has 2 N–H and O–H groups in total. The van der Waals surface area contributed by atoms with Crippen molar-refractivity contribution >= 4 is 17.1 Å². The highest BCUT2D eigenvalue weighted by Gasteiger charge is 2.44. The molecular formula is C11H15NOS. The summed E-state index contributed by atoms with van der Waals surface area (Å²) in [6.07, 6.45) is 2.20. The Balaban J connectivity index is 2.22. The molecule has 1 aromatic rings. The molecule has 0 amide bonds. The first-order chi connectivity index (χ1) is 6.51. The van der Waals surface area contributed by atoms with Crippen LogP contribution in [0.25, 0.3) is 0 Å². The topological polar surface area (TPSA) is 43.1 Å². The van der Waals surface area contributed by atoms with Crippen LogP contribution in [0.5, 0.6) is 0 Å². The van der Waals surface area contributed by atoms with E-state index in [1.807, 2.05) is 25.3 Å². The van der Waals surface area contributed by atoms with Crippen molar-refractivity contribution in [2.75, 3.05) is 0 Å². The fourth-order valence-corrected chi connectivity index (χ4v) is 2.42. The number of hydrogen-bond acceptors (Lipinski definition) is 3. The number of aryl methyl sites for hydroxylation is 1. The molecule has 14 heavy (non-hydrogen) atoms. The standard InChI is InChI=1S/C11H15NOS/c1-7-5-8(6-14-7)10(13)11(2,12)9-3-4-9/h5-6,9H,3-4,12H2,1-2H3. The summed E-state index contributed by atoms with van der Waals surface area (Å²) in [5, 5.41) is 1.91. The van der Waals surface area contributed by atoms with Crippen molar-refractivity contribution in [3.05, 3.63) is 21.9 Å². The number of thiophene rings is 1. The van der Waals surface area contributed by atoms with E-state index in [4.69, 9.17) is 5.73 Å². The maximum absolute atomic E-state index is 12.0. The average Bonchev–Trinajstić information content (AvgIpc) is 2.89. The van der Waals surface area contributed by atoms with E-state index in [2.05, 4.69) is 0 Å². The fraction of sp³-hybridized carbons (Fsp3) is 0.545. The molecule has 0 aromatic carbocycles. The van der Waals surface area contributed by atoms with Crippen LogP contribution in [-0.2, 0) is 0 Å². The SMILES string of the molecule is Cc1cc(C(=O)C(C)(N)C2CC2)cs1. The van der Waals surface area contributed by atoms with E-state index < -0.39 is 5.54 Å². The van der Waals surface area contributed by atoms with Crippen LogP contribution in [0.4, 0.5) is 0 Å². The van der Waals surface area contributed by atoms with E-state index in [9.17, 15) is 4.79 Å². The zero-order valence-corrected chi connectivity index (χ0v) is 9.36. The highest BCUT2D eigenvalue weighted by atomic mass is 32.1. The van der Waals surface area contributed by atoms with Crippen molar-refractivity contribution in [1.82, 2.24) is 0 Å². The first kappa shape index (κ1) is 9.87. The van der Waals surface area contributed by atoms with E-state index in [1.54, 1.807) is 11.3 Å². The lowest BCUT2D eigenvalue weighted by Gasteiger charge is -2.21. The summed E-state index contributed by atoms with van der Waals surface area (Å²) in [6, 6.07) is 1.93. The van der Waals surface area contributed by atoms with Gasteiger partial charge >= 0.3 is 0 Å². The van der Waals surface area contributed by atoms with Crippen molar-refractivity contribution in [3.8, 4) is 0 Å². The minimum atomic E-state index is -0.645. The number of rotatable bonds is 3. The second kappa shape index (κ2) is 3.17. The summed E-state index contributed by atoms with van der Waals surface area (Å²) in [7, 11) is 0. The molecule has 0 saturated heterocycles. The molecule has 3 heteroatoms. The molecule has 0 bridgehead atoms. The van der Waals surface area contributed by atoms with Gasteiger partial charge in [0.25, 0.3) is 0 Å². The summed E-state index contributed by atoms with van der Waals surface area (Å²) in [5.41, 5.74) is 6.20. The fourth-order valence-electron chi connectivity index (χ4n) is 1.74. The molecule has 76 valence electrons. The molecule has 1 atom stereocenters. The van der Waals surface area contributed by atoms with Gasteiger partial charge in [-0.3, -0.25) is 4.79 Å². The molecule has 0 aliphatic heterocycles. The third-order valence-electron chi connectivity index (χ3n) is 2.91. The van der Waals surface area contributed by atoms with E-state index in [-0.39, 0.29) is 5.78 Å². The van der Waals surface area contributed by atoms with Crippen molar-refractivity contribution in [1.29, 1.82) is 0 Å². The van der Waals surface area contributed by atoms with Gasteiger partial charge in [-0.1, -0.05) is 0 Å². The lowest BCUT2D eigenvalue weighted by molar-refractivity contribution is 0.0884. The zero-order chi connectivity index (χ0) is 10.3. The Labute approximate surface area is 88.1 Å². The zero-order valence-electron chi connectivity index (χ0n) is 8.54. The Morgan fingerprint density at radius 2 is 2.29 bits per heavy atom. The Morgan fingerprint density at radius 1 is 1.64 bits per heavy atom. The number of nitrogens with two attached hydrogens (primary N) is 1. The molecule has 1 aromatic heterocycles. The number of carbonyl (C=O) groups excluding carboxylic acids is 1. The van der Waals surface area contributed by atoms with Crippen LogP contribution in [0.1, 0.15) is 35.0 Å². The van der Waals surface area contributed by atoms with Crippen molar-refractivity contribution in [3.63, 3.8) is 0 Å². The highest BCUT2D eigenvalue weighted by Crippen LogP contribution is 2.39. The molecule has 1 aliphatic carbocycles. The molecular weight excluding hydrogens is 194 g/mol.